The third-order valence-corrected chi connectivity index (χ3v) is 3.14. The van der Waals surface area contributed by atoms with Gasteiger partial charge in [0.15, 0.2) is 0 Å². The van der Waals surface area contributed by atoms with Gasteiger partial charge in [0.05, 0.1) is 24.3 Å². The van der Waals surface area contributed by atoms with Crippen LogP contribution in [0.4, 0.5) is 0 Å². The lowest BCUT2D eigenvalue weighted by Gasteiger charge is -2.32. The second-order valence-corrected chi connectivity index (χ2v) is 4.49. The fraction of sp³-hybridized carbons (Fsp3) is 0.417. The highest BCUT2D eigenvalue weighted by Gasteiger charge is 2.26. The van der Waals surface area contributed by atoms with Crippen molar-refractivity contribution in [1.29, 1.82) is 5.26 Å². The van der Waals surface area contributed by atoms with Crippen LogP contribution in [0.25, 0.3) is 0 Å². The first kappa shape index (κ1) is 11.4. The van der Waals surface area contributed by atoms with Crippen molar-refractivity contribution >= 4 is 11.6 Å². The molecule has 1 fully saturated rings. The maximum absolute atomic E-state index is 8.69. The van der Waals surface area contributed by atoms with Crippen LogP contribution in [-0.4, -0.2) is 12.1 Å². The summed E-state index contributed by atoms with van der Waals surface area (Å²) in [5.74, 6) is 0. The number of ether oxygens (including phenoxy) is 1. The van der Waals surface area contributed by atoms with Crippen molar-refractivity contribution in [3.05, 3.63) is 34.3 Å². The summed E-state index contributed by atoms with van der Waals surface area (Å²) in [7, 11) is 0. The number of nitrogens with zero attached hydrogens (tertiary/aromatic N) is 1. The Hall–Kier alpha value is -1.08. The Balaban J connectivity index is 1.92. The van der Waals surface area contributed by atoms with Crippen molar-refractivity contribution in [2.24, 2.45) is 5.73 Å². The van der Waals surface area contributed by atoms with E-state index in [1.54, 1.807) is 12.1 Å². The van der Waals surface area contributed by atoms with Gasteiger partial charge in [0.1, 0.15) is 0 Å². The standard InChI is InChI=1S/C12H13ClN2O/c13-12-3-8(6-14)1-2-9(12)7-16-11-4-10(15)5-11/h1-3,10-11H,4-5,7,15H2. The Morgan fingerprint density at radius 2 is 2.25 bits per heavy atom. The Labute approximate surface area is 99.8 Å². The van der Waals surface area contributed by atoms with E-state index < -0.39 is 0 Å². The first-order chi connectivity index (χ1) is 7.69. The van der Waals surface area contributed by atoms with Crippen molar-refractivity contribution in [1.82, 2.24) is 0 Å². The first-order valence-corrected chi connectivity index (χ1v) is 5.62. The Morgan fingerprint density at radius 1 is 1.50 bits per heavy atom. The normalized spacial score (nSPS) is 23.6. The van der Waals surface area contributed by atoms with E-state index in [9.17, 15) is 0 Å². The molecule has 0 aliphatic heterocycles. The van der Waals surface area contributed by atoms with E-state index in [4.69, 9.17) is 27.3 Å². The van der Waals surface area contributed by atoms with Crippen LogP contribution in [0.1, 0.15) is 24.0 Å². The molecule has 0 aromatic heterocycles. The van der Waals surface area contributed by atoms with Crippen LogP contribution >= 0.6 is 11.6 Å². The highest BCUT2D eigenvalue weighted by atomic mass is 35.5. The number of nitriles is 1. The molecular formula is C12H13ClN2O. The van der Waals surface area contributed by atoms with Crippen molar-refractivity contribution in [3.63, 3.8) is 0 Å². The van der Waals surface area contributed by atoms with Crippen LogP contribution in [0.5, 0.6) is 0 Å². The summed E-state index contributed by atoms with van der Waals surface area (Å²) in [4.78, 5) is 0. The average molecular weight is 237 g/mol. The molecule has 0 spiro atoms. The van der Waals surface area contributed by atoms with Gasteiger partial charge in [0, 0.05) is 11.1 Å². The molecule has 0 amide bonds. The summed E-state index contributed by atoms with van der Waals surface area (Å²) in [6.45, 7) is 0.488. The molecule has 0 radical (unpaired) electrons. The lowest BCUT2D eigenvalue weighted by molar-refractivity contribution is -0.0188. The van der Waals surface area contributed by atoms with Gasteiger partial charge >= 0.3 is 0 Å². The van der Waals surface area contributed by atoms with Gasteiger partial charge in [-0.25, -0.2) is 0 Å². The van der Waals surface area contributed by atoms with Gasteiger partial charge in [-0.2, -0.15) is 5.26 Å². The average Bonchev–Trinajstić information content (AvgIpc) is 2.24. The van der Waals surface area contributed by atoms with Crippen LogP contribution in [0.2, 0.25) is 5.02 Å². The van der Waals surface area contributed by atoms with E-state index in [2.05, 4.69) is 0 Å². The maximum atomic E-state index is 8.69. The fourth-order valence-electron chi connectivity index (χ4n) is 1.68. The molecule has 1 aliphatic rings. The molecule has 2 N–H and O–H groups in total. The van der Waals surface area contributed by atoms with Crippen LogP contribution in [0.3, 0.4) is 0 Å². The van der Waals surface area contributed by atoms with Crippen molar-refractivity contribution in [2.45, 2.75) is 31.6 Å². The quantitative estimate of drug-likeness (QED) is 0.876. The second-order valence-electron chi connectivity index (χ2n) is 4.08. The zero-order chi connectivity index (χ0) is 11.5. The van der Waals surface area contributed by atoms with Crippen molar-refractivity contribution < 1.29 is 4.74 Å². The summed E-state index contributed by atoms with van der Waals surface area (Å²) in [6.07, 6.45) is 2.11. The molecule has 1 aliphatic carbocycles. The summed E-state index contributed by atoms with van der Waals surface area (Å²) in [5.41, 5.74) is 7.15. The summed E-state index contributed by atoms with van der Waals surface area (Å²) < 4.78 is 5.64. The number of halogens is 1. The zero-order valence-electron chi connectivity index (χ0n) is 8.82. The molecule has 2 rings (SSSR count). The molecule has 0 unspecified atom stereocenters. The number of nitrogens with two attached hydrogens (primary N) is 1. The summed E-state index contributed by atoms with van der Waals surface area (Å²) >= 11 is 6.03. The minimum atomic E-state index is 0.265. The van der Waals surface area contributed by atoms with E-state index in [1.807, 2.05) is 12.1 Å². The highest BCUT2D eigenvalue weighted by Crippen LogP contribution is 2.24. The number of hydrogen-bond acceptors (Lipinski definition) is 3. The molecule has 3 nitrogen and oxygen atoms in total. The highest BCUT2D eigenvalue weighted by molar-refractivity contribution is 6.31. The largest absolute Gasteiger partial charge is 0.373 e. The SMILES string of the molecule is N#Cc1ccc(COC2CC(N)C2)c(Cl)c1. The second kappa shape index (κ2) is 4.84. The van der Waals surface area contributed by atoms with Crippen LogP contribution in [-0.2, 0) is 11.3 Å². The summed E-state index contributed by atoms with van der Waals surface area (Å²) in [5, 5.41) is 9.28. The van der Waals surface area contributed by atoms with Gasteiger partial charge in [-0.3, -0.25) is 0 Å². The lowest BCUT2D eigenvalue weighted by atomic mass is 9.90. The van der Waals surface area contributed by atoms with Gasteiger partial charge in [0.25, 0.3) is 0 Å². The first-order valence-electron chi connectivity index (χ1n) is 5.24. The monoisotopic (exact) mass is 236 g/mol. The van der Waals surface area contributed by atoms with Crippen molar-refractivity contribution in [2.75, 3.05) is 0 Å². The van der Waals surface area contributed by atoms with Gasteiger partial charge in [0.2, 0.25) is 0 Å². The topological polar surface area (TPSA) is 59.0 Å². The smallest absolute Gasteiger partial charge is 0.0992 e. The Kier molecular flexibility index (Phi) is 3.45. The minimum Gasteiger partial charge on any atom is -0.373 e. The predicted molar refractivity (Wildman–Crippen MR) is 62.0 cm³/mol. The maximum Gasteiger partial charge on any atom is 0.0992 e. The van der Waals surface area contributed by atoms with Gasteiger partial charge in [-0.15, -0.1) is 0 Å². The number of benzene rings is 1. The minimum absolute atomic E-state index is 0.265. The number of rotatable bonds is 3. The molecule has 1 aromatic rings. The molecule has 1 saturated carbocycles. The molecule has 16 heavy (non-hydrogen) atoms. The van der Waals surface area contributed by atoms with E-state index in [0.29, 0.717) is 23.2 Å². The molecule has 0 atom stereocenters. The summed E-state index contributed by atoms with van der Waals surface area (Å²) in [6, 6.07) is 7.58. The van der Waals surface area contributed by atoms with E-state index >= 15 is 0 Å². The third-order valence-electron chi connectivity index (χ3n) is 2.79. The molecule has 0 saturated heterocycles. The third kappa shape index (κ3) is 2.53. The number of hydrogen-bond donors (Lipinski definition) is 1. The fourth-order valence-corrected chi connectivity index (χ4v) is 1.92. The van der Waals surface area contributed by atoms with Crippen molar-refractivity contribution in [3.8, 4) is 6.07 Å². The predicted octanol–water partition coefficient (Wildman–Crippen LogP) is 2.22. The molecule has 1 aromatic carbocycles. The van der Waals surface area contributed by atoms with Crippen LogP contribution in [0, 0.1) is 11.3 Å². The molecular weight excluding hydrogens is 224 g/mol. The van der Waals surface area contributed by atoms with E-state index in [1.165, 1.54) is 0 Å². The molecule has 84 valence electrons. The van der Waals surface area contributed by atoms with E-state index in [0.717, 1.165) is 18.4 Å². The zero-order valence-corrected chi connectivity index (χ0v) is 9.57. The lowest BCUT2D eigenvalue weighted by Crippen LogP contribution is -2.41. The molecule has 0 heterocycles. The van der Waals surface area contributed by atoms with Gasteiger partial charge in [-0.1, -0.05) is 17.7 Å². The van der Waals surface area contributed by atoms with Gasteiger partial charge in [-0.05, 0) is 30.5 Å². The van der Waals surface area contributed by atoms with Crippen LogP contribution in [0.15, 0.2) is 18.2 Å². The van der Waals surface area contributed by atoms with Crippen LogP contribution < -0.4 is 5.73 Å². The Bertz CT molecular complexity index is 422. The molecule has 4 heteroatoms. The van der Waals surface area contributed by atoms with Gasteiger partial charge < -0.3 is 10.5 Å². The van der Waals surface area contributed by atoms with E-state index in [-0.39, 0.29) is 6.10 Å². The molecule has 0 bridgehead atoms. The Morgan fingerprint density at radius 3 is 2.81 bits per heavy atom.